The first kappa shape index (κ1) is 16.4. The molecule has 1 aromatic rings. The van der Waals surface area contributed by atoms with E-state index >= 15 is 0 Å². The number of ether oxygens (including phenoxy) is 1. The Bertz CT molecular complexity index is 585. The third-order valence-electron chi connectivity index (χ3n) is 3.73. The molecule has 5 nitrogen and oxygen atoms in total. The van der Waals surface area contributed by atoms with Gasteiger partial charge in [0.15, 0.2) is 0 Å². The van der Waals surface area contributed by atoms with E-state index in [9.17, 15) is 8.42 Å². The average molecular weight is 312 g/mol. The van der Waals surface area contributed by atoms with Gasteiger partial charge in [-0.05, 0) is 36.1 Å². The van der Waals surface area contributed by atoms with Crippen LogP contribution in [-0.2, 0) is 27.8 Å². The molecule has 1 aromatic carbocycles. The van der Waals surface area contributed by atoms with Crippen LogP contribution in [0.4, 0.5) is 0 Å². The van der Waals surface area contributed by atoms with Gasteiger partial charge in [-0.25, -0.2) is 13.1 Å². The van der Waals surface area contributed by atoms with Crippen LogP contribution < -0.4 is 10.0 Å². The number of nitrogens with one attached hydrogen (secondary N) is 2. The van der Waals surface area contributed by atoms with Crippen molar-refractivity contribution in [3.63, 3.8) is 0 Å². The largest absolute Gasteiger partial charge is 0.380 e. The molecule has 0 saturated heterocycles. The van der Waals surface area contributed by atoms with Crippen molar-refractivity contribution in [3.8, 4) is 0 Å². The smallest absolute Gasteiger partial charge is 0.240 e. The van der Waals surface area contributed by atoms with Gasteiger partial charge in [0, 0.05) is 25.7 Å². The van der Waals surface area contributed by atoms with Crippen LogP contribution in [-0.4, -0.2) is 27.7 Å². The van der Waals surface area contributed by atoms with Crippen LogP contribution in [0, 0.1) is 5.92 Å². The number of hydrogen-bond donors (Lipinski definition) is 2. The predicted molar refractivity (Wildman–Crippen MR) is 82.4 cm³/mol. The number of benzene rings is 1. The summed E-state index contributed by atoms with van der Waals surface area (Å²) in [7, 11) is -3.51. The molecule has 0 fully saturated rings. The van der Waals surface area contributed by atoms with E-state index in [0.29, 0.717) is 18.1 Å². The van der Waals surface area contributed by atoms with E-state index in [0.717, 1.165) is 18.7 Å². The van der Waals surface area contributed by atoms with Gasteiger partial charge in [-0.15, -0.1) is 0 Å². The quantitative estimate of drug-likeness (QED) is 0.803. The van der Waals surface area contributed by atoms with Gasteiger partial charge in [0.1, 0.15) is 0 Å². The third-order valence-corrected chi connectivity index (χ3v) is 5.22. The zero-order chi connectivity index (χ0) is 15.5. The summed E-state index contributed by atoms with van der Waals surface area (Å²) in [5.41, 5.74) is 2.23. The van der Waals surface area contributed by atoms with Crippen molar-refractivity contribution >= 4 is 10.0 Å². The average Bonchev–Trinajstić information content (AvgIpc) is 2.90. The van der Waals surface area contributed by atoms with Gasteiger partial charge in [-0.3, -0.25) is 0 Å². The topological polar surface area (TPSA) is 67.4 Å². The molecule has 1 heterocycles. The van der Waals surface area contributed by atoms with Gasteiger partial charge in [0.25, 0.3) is 0 Å². The predicted octanol–water partition coefficient (Wildman–Crippen LogP) is 1.63. The second kappa shape index (κ2) is 6.87. The van der Waals surface area contributed by atoms with Crippen molar-refractivity contribution in [1.29, 1.82) is 0 Å². The first-order chi connectivity index (χ1) is 9.94. The number of hydrogen-bond acceptors (Lipinski definition) is 4. The molecular formula is C15H24N2O3S. The Balaban J connectivity index is 2.16. The van der Waals surface area contributed by atoms with Crippen LogP contribution in [0.25, 0.3) is 0 Å². The lowest BCUT2D eigenvalue weighted by Gasteiger charge is -2.22. The van der Waals surface area contributed by atoms with Crippen molar-refractivity contribution in [2.75, 3.05) is 13.2 Å². The van der Waals surface area contributed by atoms with Crippen molar-refractivity contribution in [1.82, 2.24) is 10.0 Å². The minimum absolute atomic E-state index is 0.169. The van der Waals surface area contributed by atoms with Crippen LogP contribution in [0.3, 0.4) is 0 Å². The summed E-state index contributed by atoms with van der Waals surface area (Å²) >= 11 is 0. The molecule has 2 rings (SSSR count). The maximum atomic E-state index is 12.5. The zero-order valence-electron chi connectivity index (χ0n) is 12.8. The maximum absolute atomic E-state index is 12.5. The maximum Gasteiger partial charge on any atom is 0.240 e. The van der Waals surface area contributed by atoms with Gasteiger partial charge < -0.3 is 10.1 Å². The molecule has 2 N–H and O–H groups in total. The molecule has 118 valence electrons. The number of rotatable bonds is 7. The summed E-state index contributed by atoms with van der Waals surface area (Å²) in [4.78, 5) is 0.326. The molecule has 0 saturated carbocycles. The van der Waals surface area contributed by atoms with Gasteiger partial charge in [-0.2, -0.15) is 0 Å². The zero-order valence-corrected chi connectivity index (χ0v) is 13.7. The Labute approximate surface area is 127 Å². The fraction of sp³-hybridized carbons (Fsp3) is 0.600. The molecule has 0 bridgehead atoms. The molecule has 1 atom stereocenters. The molecule has 6 heteroatoms. The normalized spacial score (nSPS) is 16.2. The Morgan fingerprint density at radius 2 is 2.00 bits per heavy atom. The Kier molecular flexibility index (Phi) is 5.37. The molecule has 1 aliphatic rings. The van der Waals surface area contributed by atoms with Crippen LogP contribution in [0.15, 0.2) is 23.1 Å². The molecule has 1 aliphatic heterocycles. The first-order valence-electron chi connectivity index (χ1n) is 7.36. The third kappa shape index (κ3) is 4.03. The van der Waals surface area contributed by atoms with Crippen LogP contribution in [0.5, 0.6) is 0 Å². The lowest BCUT2D eigenvalue weighted by Crippen LogP contribution is -2.41. The van der Waals surface area contributed by atoms with E-state index in [-0.39, 0.29) is 12.0 Å². The second-order valence-electron chi connectivity index (χ2n) is 5.67. The summed E-state index contributed by atoms with van der Waals surface area (Å²) < 4.78 is 33.2. The summed E-state index contributed by atoms with van der Waals surface area (Å²) in [6, 6.07) is 5.10. The lowest BCUT2D eigenvalue weighted by atomic mass is 10.1. The lowest BCUT2D eigenvalue weighted by molar-refractivity contribution is 0.116. The molecule has 0 amide bonds. The van der Waals surface area contributed by atoms with Crippen LogP contribution >= 0.6 is 0 Å². The standard InChI is InChI=1S/C15H24N2O3S/c1-4-20-10-15(11(2)3)17-21(18,19)14-6-5-12-8-16-9-13(12)7-14/h5-7,11,15-17H,4,8-10H2,1-3H3. The van der Waals surface area contributed by atoms with Crippen molar-refractivity contribution < 1.29 is 13.2 Å². The highest BCUT2D eigenvalue weighted by Crippen LogP contribution is 2.20. The number of fused-ring (bicyclic) bond motifs is 1. The Hall–Kier alpha value is -0.950. The molecule has 1 unspecified atom stereocenters. The minimum Gasteiger partial charge on any atom is -0.380 e. The molecule has 0 radical (unpaired) electrons. The highest BCUT2D eigenvalue weighted by molar-refractivity contribution is 7.89. The summed E-state index contributed by atoms with van der Waals surface area (Å²) in [6.07, 6.45) is 0. The molecule has 21 heavy (non-hydrogen) atoms. The number of sulfonamides is 1. The van der Waals surface area contributed by atoms with Gasteiger partial charge in [-0.1, -0.05) is 19.9 Å². The van der Waals surface area contributed by atoms with Gasteiger partial charge >= 0.3 is 0 Å². The second-order valence-corrected chi connectivity index (χ2v) is 7.38. The van der Waals surface area contributed by atoms with E-state index in [1.165, 1.54) is 5.56 Å². The van der Waals surface area contributed by atoms with Crippen LogP contribution in [0.1, 0.15) is 31.9 Å². The molecule has 0 aromatic heterocycles. The summed E-state index contributed by atoms with van der Waals surface area (Å²) in [5, 5.41) is 3.22. The minimum atomic E-state index is -3.51. The van der Waals surface area contributed by atoms with E-state index in [1.807, 2.05) is 26.8 Å². The van der Waals surface area contributed by atoms with E-state index < -0.39 is 10.0 Å². The first-order valence-corrected chi connectivity index (χ1v) is 8.85. The Morgan fingerprint density at radius 3 is 2.67 bits per heavy atom. The molecule has 0 aliphatic carbocycles. The fourth-order valence-electron chi connectivity index (χ4n) is 2.31. The van der Waals surface area contributed by atoms with Crippen molar-refractivity contribution in [2.24, 2.45) is 5.92 Å². The SMILES string of the molecule is CCOCC(NS(=O)(=O)c1ccc2c(c1)CNC2)C(C)C. The fourth-order valence-corrected chi connectivity index (χ4v) is 3.73. The van der Waals surface area contributed by atoms with E-state index in [2.05, 4.69) is 10.0 Å². The van der Waals surface area contributed by atoms with Gasteiger partial charge in [0.05, 0.1) is 11.5 Å². The highest BCUT2D eigenvalue weighted by atomic mass is 32.2. The van der Waals surface area contributed by atoms with E-state index in [4.69, 9.17) is 4.74 Å². The Morgan fingerprint density at radius 1 is 1.29 bits per heavy atom. The summed E-state index contributed by atoms with van der Waals surface area (Å²) in [6.45, 7) is 8.37. The highest BCUT2D eigenvalue weighted by Gasteiger charge is 2.24. The van der Waals surface area contributed by atoms with Gasteiger partial charge in [0.2, 0.25) is 10.0 Å². The van der Waals surface area contributed by atoms with E-state index in [1.54, 1.807) is 12.1 Å². The molecular weight excluding hydrogens is 288 g/mol. The van der Waals surface area contributed by atoms with Crippen LogP contribution in [0.2, 0.25) is 0 Å². The van der Waals surface area contributed by atoms with Crippen molar-refractivity contribution in [2.45, 2.75) is 44.8 Å². The summed E-state index contributed by atoms with van der Waals surface area (Å²) in [5.74, 6) is 0.169. The van der Waals surface area contributed by atoms with Crippen molar-refractivity contribution in [3.05, 3.63) is 29.3 Å². The monoisotopic (exact) mass is 312 g/mol. The molecule has 0 spiro atoms.